The van der Waals surface area contributed by atoms with Gasteiger partial charge in [-0.25, -0.2) is 15.0 Å². The number of fused-ring (bicyclic) bond motifs is 3. The standard InChI is InChI=1S/C29H27N7O2/c1-34-10-7-20(8-11-34)19-38-24-16-31-28(32-17-24)23-4-2-3-22(13-23)18-36-27(37)9-12-35-26-6-5-21(15-30)14-25(26)33-29(35)36/h2-6,9,12-14,16-17,20H,7-8,10-11,18-19H2,1H3. The van der Waals surface area contributed by atoms with Crippen molar-refractivity contribution >= 4 is 16.8 Å². The Hall–Kier alpha value is -4.55. The van der Waals surface area contributed by atoms with Crippen molar-refractivity contribution in [3.63, 3.8) is 0 Å². The summed E-state index contributed by atoms with van der Waals surface area (Å²) in [6.45, 7) is 3.25. The molecule has 9 nitrogen and oxygen atoms in total. The SMILES string of the molecule is CN1CCC(COc2cnc(-c3cccc(Cn4c(=O)ccn5c6ccc(C#N)cc6nc45)c3)nc2)CC1. The minimum atomic E-state index is -0.152. The number of nitriles is 1. The van der Waals surface area contributed by atoms with Crippen LogP contribution in [0, 0.1) is 17.2 Å². The molecule has 0 N–H and O–H groups in total. The predicted octanol–water partition coefficient (Wildman–Crippen LogP) is 3.75. The highest BCUT2D eigenvalue weighted by Crippen LogP contribution is 2.22. The molecule has 0 aliphatic carbocycles. The number of nitrogens with zero attached hydrogens (tertiary/aromatic N) is 7. The summed E-state index contributed by atoms with van der Waals surface area (Å²) in [6, 6.07) is 16.8. The van der Waals surface area contributed by atoms with Gasteiger partial charge in [-0.3, -0.25) is 13.8 Å². The molecular weight excluding hydrogens is 478 g/mol. The second kappa shape index (κ2) is 10.1. The molecule has 9 heteroatoms. The van der Waals surface area contributed by atoms with Crippen LogP contribution in [0.3, 0.4) is 0 Å². The first-order chi connectivity index (χ1) is 18.6. The van der Waals surface area contributed by atoms with E-state index in [1.165, 1.54) is 6.07 Å². The van der Waals surface area contributed by atoms with Crippen molar-refractivity contribution in [3.8, 4) is 23.2 Å². The monoisotopic (exact) mass is 505 g/mol. The van der Waals surface area contributed by atoms with E-state index in [0.717, 1.165) is 42.6 Å². The largest absolute Gasteiger partial charge is 0.490 e. The van der Waals surface area contributed by atoms with Gasteiger partial charge in [-0.05, 0) is 68.7 Å². The van der Waals surface area contributed by atoms with E-state index in [1.54, 1.807) is 35.3 Å². The summed E-state index contributed by atoms with van der Waals surface area (Å²) in [7, 11) is 2.16. The molecule has 5 aromatic rings. The summed E-state index contributed by atoms with van der Waals surface area (Å²) >= 11 is 0. The number of hydrogen-bond donors (Lipinski definition) is 0. The van der Waals surface area contributed by atoms with Gasteiger partial charge in [0.25, 0.3) is 5.56 Å². The quantitative estimate of drug-likeness (QED) is 0.346. The predicted molar refractivity (Wildman–Crippen MR) is 144 cm³/mol. The Kier molecular flexibility index (Phi) is 6.32. The molecule has 3 aromatic heterocycles. The zero-order chi connectivity index (χ0) is 26.1. The highest BCUT2D eigenvalue weighted by atomic mass is 16.5. The van der Waals surface area contributed by atoms with E-state index >= 15 is 0 Å². The Morgan fingerprint density at radius 1 is 1.08 bits per heavy atom. The van der Waals surface area contributed by atoms with Gasteiger partial charge in [0.15, 0.2) is 11.6 Å². The molecular formula is C29H27N7O2. The number of benzene rings is 2. The summed E-state index contributed by atoms with van der Waals surface area (Å²) in [5, 5.41) is 9.23. The number of piperidine rings is 1. The molecule has 1 saturated heterocycles. The zero-order valence-corrected chi connectivity index (χ0v) is 21.1. The van der Waals surface area contributed by atoms with E-state index < -0.39 is 0 Å². The Bertz CT molecular complexity index is 1710. The minimum Gasteiger partial charge on any atom is -0.490 e. The summed E-state index contributed by atoms with van der Waals surface area (Å²) in [5.41, 5.74) is 3.67. The lowest BCUT2D eigenvalue weighted by Crippen LogP contribution is -2.32. The first kappa shape index (κ1) is 23.8. The topological polar surface area (TPSA) is 101 Å². The molecule has 0 spiro atoms. The van der Waals surface area contributed by atoms with Gasteiger partial charge in [0, 0.05) is 17.8 Å². The lowest BCUT2D eigenvalue weighted by atomic mass is 9.98. The average Bonchev–Trinajstić information content (AvgIpc) is 3.33. The molecule has 0 radical (unpaired) electrons. The van der Waals surface area contributed by atoms with Crippen LogP contribution in [-0.2, 0) is 6.54 Å². The van der Waals surface area contributed by atoms with Crippen LogP contribution in [0.1, 0.15) is 24.0 Å². The van der Waals surface area contributed by atoms with Crippen molar-refractivity contribution in [2.75, 3.05) is 26.7 Å². The second-order valence-electron chi connectivity index (χ2n) is 9.84. The van der Waals surface area contributed by atoms with Crippen LogP contribution < -0.4 is 10.3 Å². The van der Waals surface area contributed by atoms with Gasteiger partial charge in [0.2, 0.25) is 5.78 Å². The molecule has 6 rings (SSSR count). The summed E-state index contributed by atoms with van der Waals surface area (Å²) in [6.07, 6.45) is 7.46. The van der Waals surface area contributed by atoms with Crippen molar-refractivity contribution in [2.24, 2.45) is 5.92 Å². The number of rotatable bonds is 6. The average molecular weight is 506 g/mol. The fourth-order valence-electron chi connectivity index (χ4n) is 4.94. The first-order valence-electron chi connectivity index (χ1n) is 12.7. The van der Waals surface area contributed by atoms with E-state index in [2.05, 4.69) is 33.0 Å². The Balaban J connectivity index is 1.22. The van der Waals surface area contributed by atoms with Gasteiger partial charge in [-0.2, -0.15) is 5.26 Å². The van der Waals surface area contributed by atoms with Crippen molar-refractivity contribution in [1.82, 2.24) is 28.8 Å². The third-order valence-electron chi connectivity index (χ3n) is 7.15. The normalized spacial score (nSPS) is 14.6. The number of ether oxygens (including phenoxy) is 1. The van der Waals surface area contributed by atoms with E-state index in [-0.39, 0.29) is 5.56 Å². The number of likely N-dealkylation sites (tertiary alicyclic amines) is 1. The molecule has 0 amide bonds. The fourth-order valence-corrected chi connectivity index (χ4v) is 4.94. The van der Waals surface area contributed by atoms with E-state index in [9.17, 15) is 10.1 Å². The highest BCUT2D eigenvalue weighted by molar-refractivity contribution is 5.81. The maximum Gasteiger partial charge on any atom is 0.255 e. The molecule has 0 bridgehead atoms. The lowest BCUT2D eigenvalue weighted by molar-refractivity contribution is 0.159. The van der Waals surface area contributed by atoms with Crippen LogP contribution in [0.15, 0.2) is 71.9 Å². The van der Waals surface area contributed by atoms with Crippen molar-refractivity contribution in [3.05, 3.63) is 88.6 Å². The van der Waals surface area contributed by atoms with Gasteiger partial charge in [0.1, 0.15) is 0 Å². The number of aromatic nitrogens is 5. The van der Waals surface area contributed by atoms with Crippen molar-refractivity contribution in [2.45, 2.75) is 19.4 Å². The smallest absolute Gasteiger partial charge is 0.255 e. The summed E-state index contributed by atoms with van der Waals surface area (Å²) < 4.78 is 9.46. The maximum atomic E-state index is 12.8. The Morgan fingerprint density at radius 2 is 1.89 bits per heavy atom. The second-order valence-corrected chi connectivity index (χ2v) is 9.84. The molecule has 4 heterocycles. The number of imidazole rings is 1. The fraction of sp³-hybridized carbons (Fsp3) is 0.276. The summed E-state index contributed by atoms with van der Waals surface area (Å²) in [5.74, 6) is 2.36. The van der Waals surface area contributed by atoms with E-state index in [1.807, 2.05) is 34.7 Å². The summed E-state index contributed by atoms with van der Waals surface area (Å²) in [4.78, 5) is 28.9. The Labute approximate surface area is 219 Å². The molecule has 190 valence electrons. The van der Waals surface area contributed by atoms with Gasteiger partial charge in [-0.15, -0.1) is 0 Å². The van der Waals surface area contributed by atoms with Crippen LogP contribution >= 0.6 is 0 Å². The van der Waals surface area contributed by atoms with Crippen LogP contribution in [-0.4, -0.2) is 55.6 Å². The number of hydrogen-bond acceptors (Lipinski definition) is 7. The highest BCUT2D eigenvalue weighted by Gasteiger charge is 2.17. The van der Waals surface area contributed by atoms with Crippen molar-refractivity contribution in [1.29, 1.82) is 5.26 Å². The first-order valence-corrected chi connectivity index (χ1v) is 12.7. The van der Waals surface area contributed by atoms with Crippen LogP contribution in [0.25, 0.3) is 28.2 Å². The third kappa shape index (κ3) is 4.74. The van der Waals surface area contributed by atoms with Crippen LogP contribution in [0.5, 0.6) is 5.75 Å². The zero-order valence-electron chi connectivity index (χ0n) is 21.1. The molecule has 38 heavy (non-hydrogen) atoms. The molecule has 2 aromatic carbocycles. The van der Waals surface area contributed by atoms with Crippen LogP contribution in [0.4, 0.5) is 0 Å². The Morgan fingerprint density at radius 3 is 2.68 bits per heavy atom. The lowest BCUT2D eigenvalue weighted by Gasteiger charge is -2.28. The van der Waals surface area contributed by atoms with Gasteiger partial charge >= 0.3 is 0 Å². The van der Waals surface area contributed by atoms with Gasteiger partial charge in [-0.1, -0.05) is 18.2 Å². The molecule has 0 saturated carbocycles. The molecule has 0 unspecified atom stereocenters. The van der Waals surface area contributed by atoms with Gasteiger partial charge in [0.05, 0.1) is 48.2 Å². The maximum absolute atomic E-state index is 12.8. The molecule has 1 aliphatic heterocycles. The van der Waals surface area contributed by atoms with Gasteiger partial charge < -0.3 is 9.64 Å². The van der Waals surface area contributed by atoms with Crippen molar-refractivity contribution < 1.29 is 4.74 Å². The van der Waals surface area contributed by atoms with E-state index in [0.29, 0.717) is 47.5 Å². The van der Waals surface area contributed by atoms with Crippen LogP contribution in [0.2, 0.25) is 0 Å². The third-order valence-corrected chi connectivity index (χ3v) is 7.15. The molecule has 1 aliphatic rings. The molecule has 1 fully saturated rings. The van der Waals surface area contributed by atoms with E-state index in [4.69, 9.17) is 4.74 Å². The molecule has 0 atom stereocenters. The minimum absolute atomic E-state index is 0.152.